The molecular weight excluding hydrogens is 498 g/mol. The molecule has 3 aliphatic rings. The summed E-state index contributed by atoms with van der Waals surface area (Å²) in [7, 11) is 1.58. The Morgan fingerprint density at radius 1 is 1.19 bits per heavy atom. The van der Waals surface area contributed by atoms with Crippen LogP contribution in [0.4, 0.5) is 5.69 Å². The SMILES string of the molecule is CNC(=O)[C@@H]1[C@H]2C(=O)N([C@H](CO)c3ccccc3)C(C(=O)Nc3c(C)cccc3Cl)C23S[C@@H]1CC3C. The fourth-order valence-electron chi connectivity index (χ4n) is 6.57. The van der Waals surface area contributed by atoms with E-state index in [1.54, 1.807) is 29.8 Å². The van der Waals surface area contributed by atoms with Gasteiger partial charge in [-0.3, -0.25) is 14.4 Å². The van der Waals surface area contributed by atoms with Crippen molar-refractivity contribution in [1.29, 1.82) is 0 Å². The molecule has 0 aliphatic carbocycles. The molecule has 1 spiro atoms. The van der Waals surface area contributed by atoms with E-state index in [0.29, 0.717) is 10.7 Å². The Bertz CT molecular complexity index is 1190. The van der Waals surface area contributed by atoms with Crippen molar-refractivity contribution in [3.63, 3.8) is 0 Å². The van der Waals surface area contributed by atoms with Gasteiger partial charge >= 0.3 is 0 Å². The number of carbonyl (C=O) groups is 3. The van der Waals surface area contributed by atoms with E-state index in [2.05, 4.69) is 17.6 Å². The van der Waals surface area contributed by atoms with E-state index in [4.69, 9.17) is 11.6 Å². The van der Waals surface area contributed by atoms with Crippen LogP contribution in [0.25, 0.3) is 0 Å². The van der Waals surface area contributed by atoms with Gasteiger partial charge in [-0.25, -0.2) is 0 Å². The zero-order chi connectivity index (χ0) is 25.8. The van der Waals surface area contributed by atoms with Crippen molar-refractivity contribution in [2.75, 3.05) is 19.0 Å². The molecule has 9 heteroatoms. The summed E-state index contributed by atoms with van der Waals surface area (Å²) in [4.78, 5) is 43.0. The number of rotatable bonds is 6. The van der Waals surface area contributed by atoms with Crippen molar-refractivity contribution in [2.45, 2.75) is 42.3 Å². The summed E-state index contributed by atoms with van der Waals surface area (Å²) in [5, 5.41) is 16.6. The van der Waals surface area contributed by atoms with Gasteiger partial charge in [0.05, 0.1) is 39.9 Å². The molecule has 0 radical (unpaired) electrons. The maximum atomic E-state index is 14.2. The van der Waals surface area contributed by atoms with Gasteiger partial charge in [0.2, 0.25) is 17.7 Å². The lowest BCUT2D eigenvalue weighted by Crippen LogP contribution is -2.55. The average Bonchev–Trinajstić information content (AvgIpc) is 3.46. The van der Waals surface area contributed by atoms with E-state index in [1.807, 2.05) is 49.4 Å². The van der Waals surface area contributed by atoms with Crippen LogP contribution < -0.4 is 10.6 Å². The molecule has 190 valence electrons. The summed E-state index contributed by atoms with van der Waals surface area (Å²) in [5.74, 6) is -1.95. The van der Waals surface area contributed by atoms with Gasteiger partial charge in [-0.1, -0.05) is 61.0 Å². The summed E-state index contributed by atoms with van der Waals surface area (Å²) in [6, 6.07) is 13.0. The van der Waals surface area contributed by atoms with Crippen LogP contribution in [0.5, 0.6) is 0 Å². The number of amides is 3. The molecule has 3 fully saturated rings. The van der Waals surface area contributed by atoms with Crippen molar-refractivity contribution >= 4 is 46.8 Å². The average molecular weight is 528 g/mol. The van der Waals surface area contributed by atoms with E-state index in [-0.39, 0.29) is 35.5 Å². The maximum absolute atomic E-state index is 14.2. The van der Waals surface area contributed by atoms with Crippen LogP contribution in [0.15, 0.2) is 48.5 Å². The third kappa shape index (κ3) is 3.56. The predicted molar refractivity (Wildman–Crippen MR) is 141 cm³/mol. The predicted octanol–water partition coefficient (Wildman–Crippen LogP) is 3.40. The molecule has 5 rings (SSSR count). The molecule has 0 saturated carbocycles. The molecule has 7 nitrogen and oxygen atoms in total. The first-order chi connectivity index (χ1) is 17.3. The van der Waals surface area contributed by atoms with Crippen LogP contribution in [-0.4, -0.2) is 57.4 Å². The number of carbonyl (C=O) groups excluding carboxylic acids is 3. The van der Waals surface area contributed by atoms with Gasteiger partial charge in [-0.15, -0.1) is 11.8 Å². The number of aliphatic hydroxyl groups is 1. The molecule has 2 aromatic carbocycles. The van der Waals surface area contributed by atoms with Crippen LogP contribution >= 0.6 is 23.4 Å². The normalized spacial score (nSPS) is 31.3. The minimum absolute atomic E-state index is 0.0190. The first kappa shape index (κ1) is 25.1. The lowest BCUT2D eigenvalue weighted by Gasteiger charge is -2.40. The van der Waals surface area contributed by atoms with Crippen molar-refractivity contribution in [3.05, 3.63) is 64.7 Å². The molecule has 3 amide bonds. The highest BCUT2D eigenvalue weighted by Crippen LogP contribution is 2.69. The molecule has 36 heavy (non-hydrogen) atoms. The quantitative estimate of drug-likeness (QED) is 0.535. The number of likely N-dealkylation sites (tertiary alicyclic amines) is 1. The first-order valence-electron chi connectivity index (χ1n) is 12.2. The van der Waals surface area contributed by atoms with Crippen molar-refractivity contribution < 1.29 is 19.5 Å². The van der Waals surface area contributed by atoms with E-state index in [1.165, 1.54) is 0 Å². The van der Waals surface area contributed by atoms with Gasteiger partial charge in [-0.05, 0) is 36.5 Å². The summed E-state index contributed by atoms with van der Waals surface area (Å²) < 4.78 is -0.791. The minimum atomic E-state index is -0.886. The molecular formula is C27H30ClN3O4S. The van der Waals surface area contributed by atoms with Gasteiger partial charge in [0, 0.05) is 12.3 Å². The highest BCUT2D eigenvalue weighted by molar-refractivity contribution is 8.02. The molecule has 7 atom stereocenters. The monoisotopic (exact) mass is 527 g/mol. The van der Waals surface area contributed by atoms with Gasteiger partial charge in [0.1, 0.15) is 6.04 Å². The fourth-order valence-corrected chi connectivity index (χ4v) is 9.25. The number of nitrogens with one attached hydrogen (secondary N) is 2. The second-order valence-electron chi connectivity index (χ2n) is 9.94. The Kier molecular flexibility index (Phi) is 6.55. The summed E-state index contributed by atoms with van der Waals surface area (Å²) >= 11 is 8.03. The number of para-hydroxylation sites is 1. The molecule has 3 unspecified atom stereocenters. The Balaban J connectivity index is 1.65. The lowest BCUT2D eigenvalue weighted by molar-refractivity contribution is -0.142. The number of hydrogen-bond donors (Lipinski definition) is 3. The number of nitrogens with zero attached hydrogens (tertiary/aromatic N) is 1. The topological polar surface area (TPSA) is 98.7 Å². The zero-order valence-electron chi connectivity index (χ0n) is 20.4. The number of aliphatic hydroxyl groups excluding tert-OH is 1. The molecule has 2 aromatic rings. The third-order valence-electron chi connectivity index (χ3n) is 8.14. The highest BCUT2D eigenvalue weighted by atomic mass is 35.5. The number of benzene rings is 2. The Hall–Kier alpha value is -2.55. The molecule has 3 N–H and O–H groups in total. The summed E-state index contributed by atoms with van der Waals surface area (Å²) in [6.07, 6.45) is 0.740. The number of halogens is 1. The van der Waals surface area contributed by atoms with Crippen molar-refractivity contribution in [1.82, 2.24) is 10.2 Å². The van der Waals surface area contributed by atoms with Crippen LogP contribution in [0.2, 0.25) is 5.02 Å². The standard InChI is InChI=1S/C27H30ClN3O4S/c1-14-8-7-11-17(28)22(14)30-25(34)23-27-15(2)12-19(36-27)20(24(33)29-3)21(27)26(35)31(23)18(13-32)16-9-5-4-6-10-16/h4-11,15,18-21,23,32H,12-13H2,1-3H3,(H,29,33)(H,30,34)/t15?,18-,19-,20+,21+,23?,27?/m1/s1. The minimum Gasteiger partial charge on any atom is -0.394 e. The van der Waals surface area contributed by atoms with Gasteiger partial charge in [0.25, 0.3) is 0 Å². The Morgan fingerprint density at radius 2 is 1.92 bits per heavy atom. The zero-order valence-corrected chi connectivity index (χ0v) is 22.0. The van der Waals surface area contributed by atoms with Gasteiger partial charge in [-0.2, -0.15) is 0 Å². The van der Waals surface area contributed by atoms with Crippen LogP contribution in [0.3, 0.4) is 0 Å². The number of hydrogen-bond acceptors (Lipinski definition) is 5. The fraction of sp³-hybridized carbons (Fsp3) is 0.444. The Labute approximate surface area is 220 Å². The number of fused-ring (bicyclic) bond motifs is 1. The van der Waals surface area contributed by atoms with Gasteiger partial charge in [0.15, 0.2) is 0 Å². The lowest BCUT2D eigenvalue weighted by atomic mass is 9.66. The van der Waals surface area contributed by atoms with E-state index < -0.39 is 28.7 Å². The highest BCUT2D eigenvalue weighted by Gasteiger charge is 2.76. The van der Waals surface area contributed by atoms with E-state index in [9.17, 15) is 19.5 Å². The number of thioether (sulfide) groups is 1. The second-order valence-corrected chi connectivity index (χ2v) is 11.9. The van der Waals surface area contributed by atoms with Crippen molar-refractivity contribution in [2.24, 2.45) is 17.8 Å². The van der Waals surface area contributed by atoms with Crippen LogP contribution in [-0.2, 0) is 14.4 Å². The van der Waals surface area contributed by atoms with E-state index in [0.717, 1.165) is 17.5 Å². The summed E-state index contributed by atoms with van der Waals surface area (Å²) in [5.41, 5.74) is 2.05. The molecule has 0 aromatic heterocycles. The smallest absolute Gasteiger partial charge is 0.248 e. The molecule has 3 heterocycles. The largest absolute Gasteiger partial charge is 0.394 e. The number of anilines is 1. The number of aryl methyl sites for hydroxylation is 1. The van der Waals surface area contributed by atoms with Crippen molar-refractivity contribution in [3.8, 4) is 0 Å². The summed E-state index contributed by atoms with van der Waals surface area (Å²) in [6.45, 7) is 3.58. The Morgan fingerprint density at radius 3 is 2.56 bits per heavy atom. The van der Waals surface area contributed by atoms with Crippen LogP contribution in [0.1, 0.15) is 30.5 Å². The molecule has 3 saturated heterocycles. The first-order valence-corrected chi connectivity index (χ1v) is 13.4. The molecule has 2 bridgehead atoms. The van der Waals surface area contributed by atoms with E-state index >= 15 is 0 Å². The third-order valence-corrected chi connectivity index (χ3v) is 10.5. The van der Waals surface area contributed by atoms with Gasteiger partial charge < -0.3 is 20.6 Å². The second kappa shape index (κ2) is 9.39. The molecule has 3 aliphatic heterocycles. The van der Waals surface area contributed by atoms with Crippen LogP contribution in [0, 0.1) is 24.7 Å². The maximum Gasteiger partial charge on any atom is 0.248 e.